The number of aliphatic hydroxyl groups excluding tert-OH is 2. The van der Waals surface area contributed by atoms with Crippen molar-refractivity contribution < 1.29 is 48.2 Å². The molecule has 0 rings (SSSR count). The lowest BCUT2D eigenvalue weighted by Gasteiger charge is -2.18. The summed E-state index contributed by atoms with van der Waals surface area (Å²) in [7, 11) is -4.83. The molecule has 4 N–H and O–H groups in total. The van der Waals surface area contributed by atoms with Crippen LogP contribution >= 0.6 is 7.82 Å². The molecule has 0 aliphatic heterocycles. The third kappa shape index (κ3) is 40.0. The molecular weight excluding hydrogens is 731 g/mol. The Hall–Kier alpha value is -3.63. The van der Waals surface area contributed by atoms with Crippen molar-refractivity contribution in [1.29, 1.82) is 0 Å². The zero-order valence-corrected chi connectivity index (χ0v) is 34.6. The zero-order valence-electron chi connectivity index (χ0n) is 33.7. The first-order valence-electron chi connectivity index (χ1n) is 20.1. The van der Waals surface area contributed by atoms with Crippen LogP contribution in [0.5, 0.6) is 0 Å². The van der Waals surface area contributed by atoms with Gasteiger partial charge in [-0.2, -0.15) is 0 Å². The van der Waals surface area contributed by atoms with Crippen molar-refractivity contribution in [2.24, 2.45) is 0 Å². The molecule has 0 bridgehead atoms. The topological polar surface area (TPSA) is 160 Å². The van der Waals surface area contributed by atoms with Crippen LogP contribution in [0.25, 0.3) is 0 Å². The third-order valence-corrected chi connectivity index (χ3v) is 8.14. The van der Waals surface area contributed by atoms with Gasteiger partial charge < -0.3 is 29.5 Å². The van der Waals surface area contributed by atoms with E-state index in [2.05, 4.69) is 60.1 Å². The number of phosphoric ester groups is 1. The van der Waals surface area contributed by atoms with Gasteiger partial charge in [-0.15, -0.1) is 0 Å². The second-order valence-corrected chi connectivity index (χ2v) is 14.1. The highest BCUT2D eigenvalue weighted by Crippen LogP contribution is 2.36. The predicted octanol–water partition coefficient (Wildman–Crippen LogP) is 10.1. The molecule has 56 heavy (non-hydrogen) atoms. The molecule has 11 heteroatoms. The van der Waals surface area contributed by atoms with Gasteiger partial charge in [0.05, 0.1) is 18.8 Å². The average Bonchev–Trinajstić information content (AvgIpc) is 3.16. The normalized spacial score (nSPS) is 14.9. The summed E-state index contributed by atoms with van der Waals surface area (Å²) in [6.07, 6.45) is 48.5. The molecule has 0 unspecified atom stereocenters. The van der Waals surface area contributed by atoms with Gasteiger partial charge in [-0.3, -0.25) is 14.1 Å². The van der Waals surface area contributed by atoms with Gasteiger partial charge in [0, 0.05) is 12.8 Å². The molecule has 0 aliphatic rings. The van der Waals surface area contributed by atoms with E-state index in [0.717, 1.165) is 57.8 Å². The first-order chi connectivity index (χ1) is 27.1. The Kier molecular flexibility index (Phi) is 35.8. The molecule has 10 nitrogen and oxygen atoms in total. The van der Waals surface area contributed by atoms with E-state index < -0.39 is 44.7 Å². The molecule has 0 heterocycles. The molecule has 0 aliphatic carbocycles. The molecule has 0 aromatic carbocycles. The molecule has 314 valence electrons. The van der Waals surface area contributed by atoms with E-state index in [1.54, 1.807) is 30.4 Å². The van der Waals surface area contributed by atoms with Gasteiger partial charge in [0.15, 0.2) is 6.10 Å². The summed E-state index contributed by atoms with van der Waals surface area (Å²) in [5, 5.41) is 19.9. The number of rotatable bonds is 34. The maximum Gasteiger partial charge on any atom is 0.469 e. The molecule has 0 aromatic rings. The zero-order chi connectivity index (χ0) is 41.4. The molecule has 0 fully saturated rings. The molecular formula is C45H69O10P. The van der Waals surface area contributed by atoms with E-state index in [0.29, 0.717) is 32.1 Å². The molecule has 0 aromatic heterocycles. The van der Waals surface area contributed by atoms with E-state index in [1.165, 1.54) is 0 Å². The van der Waals surface area contributed by atoms with Crippen LogP contribution in [0.4, 0.5) is 0 Å². The average molecular weight is 801 g/mol. The molecule has 0 radical (unpaired) electrons. The van der Waals surface area contributed by atoms with Crippen molar-refractivity contribution in [3.63, 3.8) is 0 Å². The Morgan fingerprint density at radius 3 is 1.79 bits per heavy atom. The van der Waals surface area contributed by atoms with E-state index in [4.69, 9.17) is 19.3 Å². The number of esters is 2. The summed E-state index contributed by atoms with van der Waals surface area (Å²) in [6, 6.07) is 0. The van der Waals surface area contributed by atoms with Crippen molar-refractivity contribution in [3.8, 4) is 0 Å². The highest BCUT2D eigenvalue weighted by atomic mass is 31.2. The standard InChI is InChI=1S/C45H69O10P/c1-3-5-7-8-9-10-11-12-13-14-15-16-17-18-22-25-31-37-44(48)53-39-43(40-54-56(50,51)52)55-45(49)38-32-26-30-36-42(47)35-29-24-21-19-20-23-28-34-41(46)33-27-6-4-2/h5-7,9-10,12-13,15-16,20-21,23-24,27-30,34-36,41-43,46-47H,3-4,8,11,14,17-19,22,25-26,31-33,37-40H2,1-2H3,(H2,50,51,52)/b7-5-,10-9-,13-12-,16-15-,23-20-,24-21-,27-6-,34-28+,35-29+,36-30-/t41-,42-,43+/m0/s1. The Bertz CT molecular complexity index is 1350. The Morgan fingerprint density at radius 2 is 1.12 bits per heavy atom. The fourth-order valence-electron chi connectivity index (χ4n) is 4.69. The van der Waals surface area contributed by atoms with E-state index in [9.17, 15) is 24.4 Å². The molecule has 0 spiro atoms. The van der Waals surface area contributed by atoms with Gasteiger partial charge in [0.25, 0.3) is 0 Å². The minimum Gasteiger partial charge on any atom is -0.462 e. The van der Waals surface area contributed by atoms with E-state index in [1.807, 2.05) is 49.5 Å². The maximum absolute atomic E-state index is 12.4. The second kappa shape index (κ2) is 38.3. The number of carbonyl (C=O) groups is 2. The van der Waals surface area contributed by atoms with Gasteiger partial charge in [-0.05, 0) is 77.0 Å². The summed E-state index contributed by atoms with van der Waals surface area (Å²) in [5.41, 5.74) is 0. The number of allylic oxidation sites excluding steroid dienone is 16. The summed E-state index contributed by atoms with van der Waals surface area (Å²) in [4.78, 5) is 42.8. The van der Waals surface area contributed by atoms with Gasteiger partial charge >= 0.3 is 19.8 Å². The van der Waals surface area contributed by atoms with Crippen molar-refractivity contribution in [1.82, 2.24) is 0 Å². The summed E-state index contributed by atoms with van der Waals surface area (Å²) < 4.78 is 26.2. The Balaban J connectivity index is 4.29. The van der Waals surface area contributed by atoms with E-state index in [-0.39, 0.29) is 19.4 Å². The fourth-order valence-corrected chi connectivity index (χ4v) is 5.05. The number of aliphatic hydroxyl groups is 2. The van der Waals surface area contributed by atoms with E-state index >= 15 is 0 Å². The smallest absolute Gasteiger partial charge is 0.462 e. The van der Waals surface area contributed by atoms with Gasteiger partial charge in [0.1, 0.15) is 6.61 Å². The van der Waals surface area contributed by atoms with Crippen molar-refractivity contribution in [2.75, 3.05) is 13.2 Å². The van der Waals surface area contributed by atoms with Crippen LogP contribution in [0.3, 0.4) is 0 Å². The van der Waals surface area contributed by atoms with Crippen LogP contribution in [0.15, 0.2) is 122 Å². The van der Waals surface area contributed by atoms with Crippen LogP contribution < -0.4 is 0 Å². The first kappa shape index (κ1) is 52.4. The Morgan fingerprint density at radius 1 is 0.571 bits per heavy atom. The summed E-state index contributed by atoms with van der Waals surface area (Å²) in [5.74, 6) is -1.11. The van der Waals surface area contributed by atoms with Crippen molar-refractivity contribution in [3.05, 3.63) is 122 Å². The van der Waals surface area contributed by atoms with Gasteiger partial charge in [-0.1, -0.05) is 148 Å². The lowest BCUT2D eigenvalue weighted by Crippen LogP contribution is -2.29. The van der Waals surface area contributed by atoms with Crippen molar-refractivity contribution in [2.45, 2.75) is 135 Å². The number of hydrogen-bond acceptors (Lipinski definition) is 8. The fraction of sp³-hybridized carbons (Fsp3) is 0.511. The maximum atomic E-state index is 12.4. The van der Waals surface area contributed by atoms with Gasteiger partial charge in [0.2, 0.25) is 0 Å². The second-order valence-electron chi connectivity index (χ2n) is 12.9. The largest absolute Gasteiger partial charge is 0.469 e. The number of hydrogen-bond donors (Lipinski definition) is 4. The lowest BCUT2D eigenvalue weighted by molar-refractivity contribution is -0.161. The summed E-state index contributed by atoms with van der Waals surface area (Å²) >= 11 is 0. The van der Waals surface area contributed by atoms with Crippen LogP contribution in [-0.2, 0) is 28.2 Å². The minimum absolute atomic E-state index is 0.0118. The highest BCUT2D eigenvalue weighted by Gasteiger charge is 2.22. The monoisotopic (exact) mass is 800 g/mol. The quantitative estimate of drug-likeness (QED) is 0.0162. The van der Waals surface area contributed by atoms with Crippen LogP contribution in [-0.4, -0.2) is 63.5 Å². The molecule has 3 atom stereocenters. The summed E-state index contributed by atoms with van der Waals surface area (Å²) in [6.45, 7) is 3.18. The van der Waals surface area contributed by atoms with Crippen LogP contribution in [0, 0.1) is 0 Å². The number of unbranched alkanes of at least 4 members (excludes halogenated alkanes) is 5. The SMILES string of the molecule is CC/C=C\C/C=C\C/C=C\C/C=C\CCCCCCC(=O)OC[C@H](COP(=O)(O)O)OC(=O)CCC/C=C\[C@@H](O)/C=C/C=C\C/C=C\C=C\[C@@H](O)C/C=C\CC. The van der Waals surface area contributed by atoms with Crippen LogP contribution in [0.1, 0.15) is 117 Å². The predicted molar refractivity (Wildman–Crippen MR) is 227 cm³/mol. The lowest BCUT2D eigenvalue weighted by atomic mass is 10.1. The number of ether oxygens (including phenoxy) is 2. The molecule has 0 amide bonds. The third-order valence-electron chi connectivity index (χ3n) is 7.65. The first-order valence-corrected chi connectivity index (χ1v) is 21.6. The van der Waals surface area contributed by atoms with Crippen LogP contribution in [0.2, 0.25) is 0 Å². The molecule has 0 saturated heterocycles. The molecule has 0 saturated carbocycles. The number of phosphoric acid groups is 1. The van der Waals surface area contributed by atoms with Gasteiger partial charge in [-0.25, -0.2) is 4.57 Å². The number of carbonyl (C=O) groups excluding carboxylic acids is 2. The Labute approximate surface area is 336 Å². The van der Waals surface area contributed by atoms with Crippen molar-refractivity contribution >= 4 is 19.8 Å². The highest BCUT2D eigenvalue weighted by molar-refractivity contribution is 7.46. The minimum atomic E-state index is -4.83.